The zero-order valence-corrected chi connectivity index (χ0v) is 9.84. The molecule has 2 heterocycles. The van der Waals surface area contributed by atoms with E-state index >= 15 is 0 Å². The Bertz CT molecular complexity index is 194. The van der Waals surface area contributed by atoms with E-state index < -0.39 is 5.67 Å². The normalized spacial score (nSPS) is 29.2. The van der Waals surface area contributed by atoms with Gasteiger partial charge in [-0.15, -0.1) is 0 Å². The third kappa shape index (κ3) is 3.15. The van der Waals surface area contributed by atoms with Crippen molar-refractivity contribution < 1.29 is 4.39 Å². The number of hydrogen-bond acceptors (Lipinski definition) is 2. The minimum absolute atomic E-state index is 0.681. The number of rotatable bonds is 2. The fourth-order valence-corrected chi connectivity index (χ4v) is 2.70. The van der Waals surface area contributed by atoms with E-state index in [0.717, 1.165) is 39.0 Å². The van der Waals surface area contributed by atoms with Crippen molar-refractivity contribution >= 4 is 0 Å². The van der Waals surface area contributed by atoms with Crippen LogP contribution in [0.3, 0.4) is 0 Å². The third-order valence-corrected chi connectivity index (χ3v) is 3.84. The van der Waals surface area contributed by atoms with Crippen LogP contribution in [0.4, 0.5) is 4.39 Å². The number of piperidine rings is 2. The molecule has 2 aliphatic rings. The lowest BCUT2D eigenvalue weighted by atomic mass is 9.92. The van der Waals surface area contributed by atoms with Gasteiger partial charge in [0, 0.05) is 19.6 Å². The van der Waals surface area contributed by atoms with Crippen molar-refractivity contribution in [2.45, 2.75) is 37.8 Å². The lowest BCUT2D eigenvalue weighted by Gasteiger charge is -2.39. The fraction of sp³-hybridized carbons (Fsp3) is 1.00. The Morgan fingerprint density at radius 3 is 2.20 bits per heavy atom. The summed E-state index contributed by atoms with van der Waals surface area (Å²) >= 11 is 0. The largest absolute Gasteiger partial charge is 0.306 e. The van der Waals surface area contributed by atoms with Crippen molar-refractivity contribution in [2.75, 3.05) is 39.8 Å². The minimum Gasteiger partial charge on any atom is -0.306 e. The number of halogens is 1. The van der Waals surface area contributed by atoms with Crippen LogP contribution in [0.25, 0.3) is 0 Å². The molecule has 0 N–H and O–H groups in total. The first-order valence-electron chi connectivity index (χ1n) is 6.28. The SMILES string of the molecule is CN1CCC(F)(CN2CCCCC2)CC1. The summed E-state index contributed by atoms with van der Waals surface area (Å²) in [7, 11) is 2.08. The second-order valence-electron chi connectivity index (χ2n) is 5.29. The van der Waals surface area contributed by atoms with Crippen LogP contribution in [-0.2, 0) is 0 Å². The maximum Gasteiger partial charge on any atom is 0.126 e. The summed E-state index contributed by atoms with van der Waals surface area (Å²) in [6, 6.07) is 0. The van der Waals surface area contributed by atoms with E-state index in [1.807, 2.05) is 0 Å². The summed E-state index contributed by atoms with van der Waals surface area (Å²) in [5.74, 6) is 0. The second kappa shape index (κ2) is 4.79. The van der Waals surface area contributed by atoms with E-state index in [9.17, 15) is 4.39 Å². The van der Waals surface area contributed by atoms with Gasteiger partial charge in [-0.3, -0.25) is 0 Å². The lowest BCUT2D eigenvalue weighted by Crippen LogP contribution is -2.48. The van der Waals surface area contributed by atoms with Crippen molar-refractivity contribution in [3.05, 3.63) is 0 Å². The van der Waals surface area contributed by atoms with Gasteiger partial charge in [-0.05, 0) is 45.8 Å². The van der Waals surface area contributed by atoms with Crippen LogP contribution in [0.5, 0.6) is 0 Å². The van der Waals surface area contributed by atoms with Gasteiger partial charge in [-0.1, -0.05) is 6.42 Å². The fourth-order valence-electron chi connectivity index (χ4n) is 2.70. The molecule has 0 spiro atoms. The summed E-state index contributed by atoms with van der Waals surface area (Å²) in [6.07, 6.45) is 5.30. The molecule has 2 aliphatic heterocycles. The summed E-state index contributed by atoms with van der Waals surface area (Å²) < 4.78 is 14.5. The van der Waals surface area contributed by atoms with Crippen LogP contribution in [0.2, 0.25) is 0 Å². The molecule has 0 atom stereocenters. The van der Waals surface area contributed by atoms with Crippen molar-refractivity contribution in [3.8, 4) is 0 Å². The smallest absolute Gasteiger partial charge is 0.126 e. The molecule has 0 unspecified atom stereocenters. The molecule has 3 heteroatoms. The summed E-state index contributed by atoms with van der Waals surface area (Å²) in [6.45, 7) is 4.75. The minimum atomic E-state index is -0.899. The molecule has 0 amide bonds. The maximum absolute atomic E-state index is 14.5. The Labute approximate surface area is 92.4 Å². The van der Waals surface area contributed by atoms with Gasteiger partial charge in [-0.2, -0.15) is 0 Å². The van der Waals surface area contributed by atoms with Gasteiger partial charge < -0.3 is 9.80 Å². The highest BCUT2D eigenvalue weighted by Crippen LogP contribution is 2.28. The molecule has 0 aromatic carbocycles. The molecule has 15 heavy (non-hydrogen) atoms. The van der Waals surface area contributed by atoms with Crippen LogP contribution < -0.4 is 0 Å². The monoisotopic (exact) mass is 214 g/mol. The molecular weight excluding hydrogens is 191 g/mol. The van der Waals surface area contributed by atoms with Crippen molar-refractivity contribution in [1.29, 1.82) is 0 Å². The van der Waals surface area contributed by atoms with E-state index in [2.05, 4.69) is 16.8 Å². The Balaban J connectivity index is 1.81. The zero-order chi connectivity index (χ0) is 10.7. The molecule has 2 rings (SSSR count). The first kappa shape index (κ1) is 11.3. The molecule has 0 aromatic rings. The van der Waals surface area contributed by atoms with E-state index in [4.69, 9.17) is 0 Å². The Morgan fingerprint density at radius 2 is 1.60 bits per heavy atom. The van der Waals surface area contributed by atoms with Crippen LogP contribution in [-0.4, -0.2) is 55.2 Å². The lowest BCUT2D eigenvalue weighted by molar-refractivity contribution is 0.0262. The molecule has 2 nitrogen and oxygen atoms in total. The molecule has 0 radical (unpaired) electrons. The molecule has 2 fully saturated rings. The summed E-state index contributed by atoms with van der Waals surface area (Å²) in [4.78, 5) is 4.56. The summed E-state index contributed by atoms with van der Waals surface area (Å²) in [5.41, 5.74) is -0.899. The van der Waals surface area contributed by atoms with Crippen LogP contribution in [0.1, 0.15) is 32.1 Å². The van der Waals surface area contributed by atoms with E-state index in [1.54, 1.807) is 0 Å². The average molecular weight is 214 g/mol. The summed E-state index contributed by atoms with van der Waals surface area (Å²) in [5, 5.41) is 0. The van der Waals surface area contributed by atoms with Crippen molar-refractivity contribution in [1.82, 2.24) is 9.80 Å². The highest BCUT2D eigenvalue weighted by atomic mass is 19.1. The van der Waals surface area contributed by atoms with Gasteiger partial charge in [-0.25, -0.2) is 4.39 Å². The maximum atomic E-state index is 14.5. The standard InChI is InChI=1S/C12H23FN2/c1-14-9-5-12(13,6-10-14)11-15-7-3-2-4-8-15/h2-11H2,1H3. The van der Waals surface area contributed by atoms with Crippen LogP contribution in [0, 0.1) is 0 Å². The van der Waals surface area contributed by atoms with E-state index in [1.165, 1.54) is 19.3 Å². The van der Waals surface area contributed by atoms with Gasteiger partial charge >= 0.3 is 0 Å². The van der Waals surface area contributed by atoms with Gasteiger partial charge in [0.25, 0.3) is 0 Å². The average Bonchev–Trinajstić information content (AvgIpc) is 2.24. The molecular formula is C12H23FN2. The van der Waals surface area contributed by atoms with Gasteiger partial charge in [0.15, 0.2) is 0 Å². The Kier molecular flexibility index (Phi) is 3.62. The number of hydrogen-bond donors (Lipinski definition) is 0. The zero-order valence-electron chi connectivity index (χ0n) is 9.84. The van der Waals surface area contributed by atoms with Gasteiger partial charge in [0.2, 0.25) is 0 Å². The molecule has 0 aromatic heterocycles. The van der Waals surface area contributed by atoms with E-state index in [0.29, 0.717) is 6.54 Å². The number of likely N-dealkylation sites (tertiary alicyclic amines) is 2. The topological polar surface area (TPSA) is 6.48 Å². The highest BCUT2D eigenvalue weighted by molar-refractivity contribution is 4.89. The third-order valence-electron chi connectivity index (χ3n) is 3.84. The molecule has 0 bridgehead atoms. The predicted octanol–water partition coefficient (Wildman–Crippen LogP) is 1.91. The Hall–Kier alpha value is -0.150. The first-order valence-corrected chi connectivity index (χ1v) is 6.28. The quantitative estimate of drug-likeness (QED) is 0.693. The van der Waals surface area contributed by atoms with E-state index in [-0.39, 0.29) is 0 Å². The molecule has 0 aliphatic carbocycles. The van der Waals surface area contributed by atoms with Gasteiger partial charge in [0.1, 0.15) is 5.67 Å². The Morgan fingerprint density at radius 1 is 1.00 bits per heavy atom. The van der Waals surface area contributed by atoms with Crippen LogP contribution in [0.15, 0.2) is 0 Å². The molecule has 0 saturated carbocycles. The molecule has 88 valence electrons. The van der Waals surface area contributed by atoms with Crippen LogP contribution >= 0.6 is 0 Å². The second-order valence-corrected chi connectivity index (χ2v) is 5.29. The molecule has 2 saturated heterocycles. The number of alkyl halides is 1. The number of nitrogens with zero attached hydrogens (tertiary/aromatic N) is 2. The predicted molar refractivity (Wildman–Crippen MR) is 60.9 cm³/mol. The van der Waals surface area contributed by atoms with Gasteiger partial charge in [0.05, 0.1) is 0 Å². The van der Waals surface area contributed by atoms with Crippen molar-refractivity contribution in [3.63, 3.8) is 0 Å². The first-order chi connectivity index (χ1) is 7.18. The van der Waals surface area contributed by atoms with Crippen molar-refractivity contribution in [2.24, 2.45) is 0 Å². The highest BCUT2D eigenvalue weighted by Gasteiger charge is 2.35.